The number of amides is 2. The Kier molecular flexibility index (Phi) is 7.51. The molecule has 1 aliphatic rings. The van der Waals surface area contributed by atoms with E-state index in [2.05, 4.69) is 29.4 Å². The van der Waals surface area contributed by atoms with Crippen molar-refractivity contribution in [3.05, 3.63) is 35.5 Å². The lowest BCUT2D eigenvalue weighted by Crippen LogP contribution is -2.47. The minimum Gasteiger partial charge on any atom is -0.493 e. The Hall–Kier alpha value is -2.81. The fraction of sp³-hybridized carbons (Fsp3) is 0.571. The van der Waals surface area contributed by atoms with Crippen LogP contribution in [0.2, 0.25) is 0 Å². The molecule has 9 nitrogen and oxygen atoms in total. The van der Waals surface area contributed by atoms with Gasteiger partial charge in [-0.15, -0.1) is 10.2 Å². The van der Waals surface area contributed by atoms with Gasteiger partial charge in [0.05, 0.1) is 26.9 Å². The van der Waals surface area contributed by atoms with Crippen LogP contribution in [0.1, 0.15) is 43.7 Å². The average Bonchev–Trinajstić information content (AvgIpc) is 3.18. The highest BCUT2D eigenvalue weighted by Crippen LogP contribution is 2.28. The van der Waals surface area contributed by atoms with Gasteiger partial charge in [-0.1, -0.05) is 19.9 Å². The van der Waals surface area contributed by atoms with E-state index in [4.69, 9.17) is 18.6 Å². The number of rotatable bonds is 8. The van der Waals surface area contributed by atoms with E-state index in [0.717, 1.165) is 12.0 Å². The van der Waals surface area contributed by atoms with E-state index >= 15 is 0 Å². The summed E-state index contributed by atoms with van der Waals surface area (Å²) in [7, 11) is 1.61. The van der Waals surface area contributed by atoms with E-state index in [0.29, 0.717) is 62.0 Å². The van der Waals surface area contributed by atoms with Gasteiger partial charge in [0.2, 0.25) is 11.8 Å². The van der Waals surface area contributed by atoms with Crippen molar-refractivity contribution >= 4 is 6.03 Å². The van der Waals surface area contributed by atoms with Crippen LogP contribution in [0.15, 0.2) is 22.6 Å². The number of carbonyl (C=O) groups excluding carboxylic acids is 1. The van der Waals surface area contributed by atoms with Gasteiger partial charge >= 0.3 is 6.03 Å². The lowest BCUT2D eigenvalue weighted by molar-refractivity contribution is -0.0292. The summed E-state index contributed by atoms with van der Waals surface area (Å²) in [5, 5.41) is 10.8. The minimum absolute atomic E-state index is 0.171. The molecule has 2 amide bonds. The lowest BCUT2D eigenvalue weighted by atomic mass is 10.1. The number of aryl methyl sites for hydroxylation is 1. The van der Waals surface area contributed by atoms with E-state index in [1.807, 2.05) is 18.2 Å². The number of ether oxygens (including phenoxy) is 3. The van der Waals surface area contributed by atoms with E-state index in [-0.39, 0.29) is 6.03 Å². The Morgan fingerprint density at radius 3 is 2.87 bits per heavy atom. The van der Waals surface area contributed by atoms with Crippen LogP contribution in [0.4, 0.5) is 4.79 Å². The average molecular weight is 418 g/mol. The largest absolute Gasteiger partial charge is 0.493 e. The van der Waals surface area contributed by atoms with Gasteiger partial charge < -0.3 is 28.8 Å². The number of morpholine rings is 1. The molecule has 1 aromatic carbocycles. The molecular weight excluding hydrogens is 388 g/mol. The number of hydrogen-bond donors (Lipinski definition) is 1. The molecule has 9 heteroatoms. The highest BCUT2D eigenvalue weighted by molar-refractivity contribution is 5.74. The summed E-state index contributed by atoms with van der Waals surface area (Å²) in [4.78, 5) is 14.3. The van der Waals surface area contributed by atoms with E-state index in [1.54, 1.807) is 18.9 Å². The van der Waals surface area contributed by atoms with Crippen LogP contribution in [-0.4, -0.2) is 54.5 Å². The summed E-state index contributed by atoms with van der Waals surface area (Å²) in [6, 6.07) is 5.52. The van der Waals surface area contributed by atoms with Gasteiger partial charge in [0.15, 0.2) is 17.6 Å². The molecule has 3 rings (SSSR count). The first-order valence-corrected chi connectivity index (χ1v) is 10.2. The molecule has 1 aromatic heterocycles. The second-order valence-corrected chi connectivity index (χ2v) is 7.64. The van der Waals surface area contributed by atoms with Gasteiger partial charge in [-0.25, -0.2) is 4.79 Å². The summed E-state index contributed by atoms with van der Waals surface area (Å²) in [5.41, 5.74) is 0.925. The Labute approximate surface area is 176 Å². The highest BCUT2D eigenvalue weighted by Gasteiger charge is 2.28. The van der Waals surface area contributed by atoms with E-state index in [1.165, 1.54) is 0 Å². The summed E-state index contributed by atoms with van der Waals surface area (Å²) < 4.78 is 22.3. The minimum atomic E-state index is -0.409. The maximum Gasteiger partial charge on any atom is 0.317 e. The van der Waals surface area contributed by atoms with Gasteiger partial charge in [-0.3, -0.25) is 0 Å². The van der Waals surface area contributed by atoms with Gasteiger partial charge in [-0.05, 0) is 30.0 Å². The van der Waals surface area contributed by atoms with Crippen LogP contribution in [0.25, 0.3) is 0 Å². The highest BCUT2D eigenvalue weighted by atomic mass is 16.5. The third kappa shape index (κ3) is 5.85. The molecule has 0 bridgehead atoms. The van der Waals surface area contributed by atoms with Crippen LogP contribution < -0.4 is 14.8 Å². The molecule has 1 aliphatic heterocycles. The van der Waals surface area contributed by atoms with Crippen molar-refractivity contribution in [1.29, 1.82) is 0 Å². The van der Waals surface area contributed by atoms with Gasteiger partial charge in [0.25, 0.3) is 0 Å². The maximum atomic E-state index is 12.6. The van der Waals surface area contributed by atoms with Crippen LogP contribution in [-0.2, 0) is 11.3 Å². The SMILES string of the molecule is COc1cc(CNC(=O)N2CCOC(c3nnc(C)o3)C2)ccc1OCCC(C)C. The van der Waals surface area contributed by atoms with E-state index < -0.39 is 6.10 Å². The predicted octanol–water partition coefficient (Wildman–Crippen LogP) is 3.09. The molecule has 0 spiro atoms. The van der Waals surface area contributed by atoms with Crippen LogP contribution in [0.5, 0.6) is 11.5 Å². The summed E-state index contributed by atoms with van der Waals surface area (Å²) in [6.45, 7) is 8.33. The van der Waals surface area contributed by atoms with Crippen molar-refractivity contribution < 1.29 is 23.4 Å². The Morgan fingerprint density at radius 2 is 2.17 bits per heavy atom. The van der Waals surface area contributed by atoms with Crippen molar-refractivity contribution in [3.8, 4) is 11.5 Å². The first-order valence-electron chi connectivity index (χ1n) is 10.2. The van der Waals surface area contributed by atoms with Gasteiger partial charge in [-0.2, -0.15) is 0 Å². The molecule has 2 aromatic rings. The molecule has 1 fully saturated rings. The van der Waals surface area contributed by atoms with Crippen molar-refractivity contribution in [3.63, 3.8) is 0 Å². The zero-order valence-corrected chi connectivity index (χ0v) is 18.0. The second kappa shape index (κ2) is 10.3. The van der Waals surface area contributed by atoms with Gasteiger partial charge in [0.1, 0.15) is 0 Å². The van der Waals surface area contributed by atoms with Crippen LogP contribution in [0, 0.1) is 12.8 Å². The summed E-state index contributed by atoms with van der Waals surface area (Å²) in [6.07, 6.45) is 0.568. The first kappa shape index (κ1) is 21.9. The normalized spacial score (nSPS) is 16.6. The number of methoxy groups -OCH3 is 1. The zero-order chi connectivity index (χ0) is 21.5. The molecule has 1 saturated heterocycles. The fourth-order valence-electron chi connectivity index (χ4n) is 3.06. The third-order valence-corrected chi connectivity index (χ3v) is 4.80. The maximum absolute atomic E-state index is 12.6. The second-order valence-electron chi connectivity index (χ2n) is 7.64. The predicted molar refractivity (Wildman–Crippen MR) is 109 cm³/mol. The molecule has 1 unspecified atom stereocenters. The molecule has 164 valence electrons. The molecule has 2 heterocycles. The smallest absolute Gasteiger partial charge is 0.317 e. The summed E-state index contributed by atoms with van der Waals surface area (Å²) >= 11 is 0. The van der Waals surface area contributed by atoms with Crippen LogP contribution >= 0.6 is 0 Å². The van der Waals surface area contributed by atoms with Crippen molar-refractivity contribution in [2.24, 2.45) is 5.92 Å². The fourth-order valence-corrected chi connectivity index (χ4v) is 3.06. The molecule has 30 heavy (non-hydrogen) atoms. The lowest BCUT2D eigenvalue weighted by Gasteiger charge is -2.31. The number of aromatic nitrogens is 2. The standard InChI is InChI=1S/C21H30N4O5/c1-14(2)7-9-28-17-6-5-16(11-18(17)27-4)12-22-21(26)25-8-10-29-19(13-25)20-24-23-15(3)30-20/h5-6,11,14,19H,7-10,12-13H2,1-4H3,(H,22,26). The quantitative estimate of drug-likeness (QED) is 0.703. The molecule has 0 saturated carbocycles. The number of nitrogens with one attached hydrogen (secondary N) is 1. The molecular formula is C21H30N4O5. The third-order valence-electron chi connectivity index (χ3n) is 4.80. The Balaban J connectivity index is 1.53. The topological polar surface area (TPSA) is 99.0 Å². The number of nitrogens with zero attached hydrogens (tertiary/aromatic N) is 3. The number of benzene rings is 1. The summed E-state index contributed by atoms with van der Waals surface area (Å²) in [5.74, 6) is 2.81. The number of carbonyl (C=O) groups is 1. The first-order chi connectivity index (χ1) is 14.5. The molecule has 0 radical (unpaired) electrons. The van der Waals surface area contributed by atoms with Crippen molar-refractivity contribution in [2.75, 3.05) is 33.4 Å². The molecule has 0 aliphatic carbocycles. The van der Waals surface area contributed by atoms with E-state index in [9.17, 15) is 4.79 Å². The Bertz CT molecular complexity index is 839. The van der Waals surface area contributed by atoms with Crippen LogP contribution in [0.3, 0.4) is 0 Å². The monoisotopic (exact) mass is 418 g/mol. The zero-order valence-electron chi connectivity index (χ0n) is 18.0. The van der Waals surface area contributed by atoms with Crippen molar-refractivity contribution in [1.82, 2.24) is 20.4 Å². The Morgan fingerprint density at radius 1 is 1.33 bits per heavy atom. The van der Waals surface area contributed by atoms with Gasteiger partial charge in [0, 0.05) is 20.0 Å². The number of urea groups is 1. The molecule has 1 atom stereocenters. The number of hydrogen-bond acceptors (Lipinski definition) is 7. The molecule has 1 N–H and O–H groups in total. The van der Waals surface area contributed by atoms with Crippen molar-refractivity contribution in [2.45, 2.75) is 39.8 Å².